The van der Waals surface area contributed by atoms with Gasteiger partial charge < -0.3 is 5.32 Å². The topological polar surface area (TPSA) is 65.8 Å². The summed E-state index contributed by atoms with van der Waals surface area (Å²) in [5.74, 6) is -0.155. The number of carbonyl (C=O) groups is 1. The Kier molecular flexibility index (Phi) is 7.32. The maximum atomic E-state index is 12.9. The van der Waals surface area contributed by atoms with Crippen LogP contribution in [-0.2, 0) is 4.79 Å². The van der Waals surface area contributed by atoms with Crippen LogP contribution in [0.3, 0.4) is 0 Å². The van der Waals surface area contributed by atoms with Crippen molar-refractivity contribution in [3.8, 4) is 28.5 Å². The lowest BCUT2D eigenvalue weighted by molar-refractivity contribution is -0.115. The fraction of sp³-hybridized carbons (Fsp3) is 0.107. The summed E-state index contributed by atoms with van der Waals surface area (Å²) in [7, 11) is 0. The molecule has 0 aliphatic rings. The molecule has 3 aromatic carbocycles. The number of aromatic nitrogens is 1. The van der Waals surface area contributed by atoms with Crippen LogP contribution < -0.4 is 5.32 Å². The Morgan fingerprint density at radius 2 is 1.68 bits per heavy atom. The molecule has 1 heterocycles. The van der Waals surface area contributed by atoms with Crippen LogP contribution in [0.1, 0.15) is 18.1 Å². The molecule has 0 fully saturated rings. The number of benzene rings is 3. The number of hydrogen-bond acceptors (Lipinski definition) is 4. The molecule has 6 heteroatoms. The number of aryl methyl sites for hydroxylation is 1. The van der Waals surface area contributed by atoms with Crippen molar-refractivity contribution in [2.75, 3.05) is 5.32 Å². The number of carbonyl (C=O) groups excluding carboxylic acids is 1. The quantitative estimate of drug-likeness (QED) is 0.291. The van der Waals surface area contributed by atoms with Crippen LogP contribution in [0.25, 0.3) is 22.4 Å². The maximum absolute atomic E-state index is 12.9. The highest BCUT2D eigenvalue weighted by Gasteiger charge is 2.21. The summed E-state index contributed by atoms with van der Waals surface area (Å²) in [6.45, 7) is 3.81. The number of hydrogen-bond donors (Lipinski definition) is 1. The first kappa shape index (κ1) is 23.6. The van der Waals surface area contributed by atoms with Gasteiger partial charge in [-0.15, -0.1) is 0 Å². The van der Waals surface area contributed by atoms with Crippen LogP contribution in [0, 0.1) is 18.3 Å². The molecule has 0 aliphatic carbocycles. The van der Waals surface area contributed by atoms with Crippen molar-refractivity contribution in [1.29, 1.82) is 5.26 Å². The number of nitriles is 1. The molecule has 1 amide bonds. The monoisotopic (exact) mass is 483 g/mol. The first-order valence-electron chi connectivity index (χ1n) is 10.8. The Morgan fingerprint density at radius 1 is 1.00 bits per heavy atom. The lowest BCUT2D eigenvalue weighted by atomic mass is 9.99. The van der Waals surface area contributed by atoms with Crippen molar-refractivity contribution >= 4 is 35.0 Å². The van der Waals surface area contributed by atoms with Gasteiger partial charge in [0.25, 0.3) is 0 Å². The zero-order valence-electron chi connectivity index (χ0n) is 18.7. The summed E-state index contributed by atoms with van der Waals surface area (Å²) in [5.41, 5.74) is 5.56. The Labute approximate surface area is 208 Å². The minimum absolute atomic E-state index is 0.155. The fourth-order valence-electron chi connectivity index (χ4n) is 3.43. The first-order valence-corrected chi connectivity index (χ1v) is 12.0. The maximum Gasteiger partial charge on any atom is 0.237 e. The smallest absolute Gasteiger partial charge is 0.237 e. The highest BCUT2D eigenvalue weighted by molar-refractivity contribution is 8.00. The van der Waals surface area contributed by atoms with Gasteiger partial charge in [0.1, 0.15) is 11.1 Å². The Balaban J connectivity index is 1.72. The van der Waals surface area contributed by atoms with E-state index in [1.165, 1.54) is 11.8 Å². The van der Waals surface area contributed by atoms with Crippen LogP contribution in [0.2, 0.25) is 5.02 Å². The Hall–Kier alpha value is -3.59. The van der Waals surface area contributed by atoms with Gasteiger partial charge in [0.15, 0.2) is 0 Å². The predicted octanol–water partition coefficient (Wildman–Crippen LogP) is 7.37. The van der Waals surface area contributed by atoms with Crippen LogP contribution in [0.4, 0.5) is 5.69 Å². The van der Waals surface area contributed by atoms with Gasteiger partial charge in [0.2, 0.25) is 5.91 Å². The van der Waals surface area contributed by atoms with E-state index in [-0.39, 0.29) is 5.91 Å². The third-order valence-electron chi connectivity index (χ3n) is 5.30. The Bertz CT molecular complexity index is 1350. The molecule has 0 saturated carbocycles. The summed E-state index contributed by atoms with van der Waals surface area (Å²) in [5, 5.41) is 13.7. The van der Waals surface area contributed by atoms with E-state index < -0.39 is 5.25 Å². The highest BCUT2D eigenvalue weighted by atomic mass is 35.5. The summed E-state index contributed by atoms with van der Waals surface area (Å²) in [6.07, 6.45) is 0. The molecule has 1 aromatic heterocycles. The van der Waals surface area contributed by atoms with Crippen molar-refractivity contribution in [1.82, 2.24) is 4.98 Å². The van der Waals surface area contributed by atoms with E-state index in [0.29, 0.717) is 15.6 Å². The van der Waals surface area contributed by atoms with Gasteiger partial charge in [-0.3, -0.25) is 4.79 Å². The van der Waals surface area contributed by atoms with E-state index in [1.54, 1.807) is 12.1 Å². The SMILES string of the molecule is Cc1ccc(NC(=O)[C@@H](C)Sc2nc(-c3ccccc3)cc(-c3ccc(Cl)cc3)c2C#N)cc1. The normalized spacial score (nSPS) is 11.5. The number of amides is 1. The van der Waals surface area contributed by atoms with Gasteiger partial charge in [0.05, 0.1) is 16.5 Å². The van der Waals surface area contributed by atoms with Gasteiger partial charge in [-0.2, -0.15) is 5.26 Å². The number of anilines is 1. The second-order valence-corrected chi connectivity index (χ2v) is 9.60. The minimum Gasteiger partial charge on any atom is -0.325 e. The van der Waals surface area contributed by atoms with E-state index in [9.17, 15) is 10.1 Å². The molecule has 0 bridgehead atoms. The van der Waals surface area contributed by atoms with E-state index in [1.807, 2.05) is 86.6 Å². The summed E-state index contributed by atoms with van der Waals surface area (Å²) < 4.78 is 0. The molecule has 0 aliphatic heterocycles. The van der Waals surface area contributed by atoms with E-state index in [0.717, 1.165) is 33.6 Å². The van der Waals surface area contributed by atoms with Crippen molar-refractivity contribution in [2.24, 2.45) is 0 Å². The van der Waals surface area contributed by atoms with Crippen LogP contribution >= 0.6 is 23.4 Å². The molecule has 4 aromatic rings. The van der Waals surface area contributed by atoms with Crippen molar-refractivity contribution in [3.05, 3.63) is 101 Å². The van der Waals surface area contributed by atoms with Crippen LogP contribution in [0.15, 0.2) is 90.0 Å². The summed E-state index contributed by atoms with van der Waals surface area (Å²) in [4.78, 5) is 17.7. The molecule has 4 rings (SSSR count). The molecule has 4 nitrogen and oxygen atoms in total. The molecule has 1 N–H and O–H groups in total. The minimum atomic E-state index is -0.468. The highest BCUT2D eigenvalue weighted by Crippen LogP contribution is 2.36. The molecule has 0 radical (unpaired) electrons. The van der Waals surface area contributed by atoms with Crippen LogP contribution in [-0.4, -0.2) is 16.1 Å². The number of pyridine rings is 1. The van der Waals surface area contributed by atoms with Crippen LogP contribution in [0.5, 0.6) is 0 Å². The van der Waals surface area contributed by atoms with Crippen molar-refractivity contribution in [2.45, 2.75) is 24.1 Å². The third kappa shape index (κ3) is 5.48. The number of thioether (sulfide) groups is 1. The largest absolute Gasteiger partial charge is 0.325 e. The second-order valence-electron chi connectivity index (χ2n) is 7.84. The molecule has 1 atom stereocenters. The number of nitrogens with one attached hydrogen (secondary N) is 1. The average Bonchev–Trinajstić information content (AvgIpc) is 2.86. The molecular formula is C28H22ClN3OS. The van der Waals surface area contributed by atoms with Gasteiger partial charge >= 0.3 is 0 Å². The molecule has 0 spiro atoms. The number of halogens is 1. The standard InChI is InChI=1S/C28H22ClN3OS/c1-18-8-14-23(15-9-18)31-27(33)19(2)34-28-25(17-30)24(20-10-12-22(29)13-11-20)16-26(32-28)21-6-4-3-5-7-21/h3-16,19H,1-2H3,(H,31,33)/t19-/m1/s1. The van der Waals surface area contributed by atoms with Crippen molar-refractivity contribution < 1.29 is 4.79 Å². The lowest BCUT2D eigenvalue weighted by Crippen LogP contribution is -2.22. The molecule has 0 unspecified atom stereocenters. The fourth-order valence-corrected chi connectivity index (χ4v) is 4.48. The van der Waals surface area contributed by atoms with Crippen molar-refractivity contribution in [3.63, 3.8) is 0 Å². The molecule has 0 saturated heterocycles. The van der Waals surface area contributed by atoms with Gasteiger partial charge in [-0.05, 0) is 49.7 Å². The van der Waals surface area contributed by atoms with Gasteiger partial charge in [-0.1, -0.05) is 83.5 Å². The second kappa shape index (κ2) is 10.6. The number of nitrogens with zero attached hydrogens (tertiary/aromatic N) is 2. The predicted molar refractivity (Wildman–Crippen MR) is 140 cm³/mol. The average molecular weight is 484 g/mol. The number of rotatable bonds is 6. The van der Waals surface area contributed by atoms with Gasteiger partial charge in [0, 0.05) is 21.8 Å². The molecule has 168 valence electrons. The summed E-state index contributed by atoms with van der Waals surface area (Å²) in [6, 6.07) is 29.0. The Morgan fingerprint density at radius 3 is 2.32 bits per heavy atom. The first-order chi connectivity index (χ1) is 16.4. The lowest BCUT2D eigenvalue weighted by Gasteiger charge is -2.16. The zero-order chi connectivity index (χ0) is 24.1. The molecule has 34 heavy (non-hydrogen) atoms. The van der Waals surface area contributed by atoms with E-state index in [4.69, 9.17) is 16.6 Å². The summed E-state index contributed by atoms with van der Waals surface area (Å²) >= 11 is 7.36. The van der Waals surface area contributed by atoms with Gasteiger partial charge in [-0.25, -0.2) is 4.98 Å². The molecular weight excluding hydrogens is 462 g/mol. The van der Waals surface area contributed by atoms with E-state index in [2.05, 4.69) is 11.4 Å². The van der Waals surface area contributed by atoms with E-state index >= 15 is 0 Å². The zero-order valence-corrected chi connectivity index (χ0v) is 20.3. The third-order valence-corrected chi connectivity index (χ3v) is 6.64.